The Bertz CT molecular complexity index is 562. The number of alkyl carbamates (subject to hydrolysis) is 1. The Morgan fingerprint density at radius 1 is 1.48 bits per heavy atom. The molecule has 0 fully saturated rings. The highest BCUT2D eigenvalue weighted by Gasteiger charge is 2.32. The van der Waals surface area contributed by atoms with Gasteiger partial charge in [0.15, 0.2) is 0 Å². The predicted octanol–water partition coefficient (Wildman–Crippen LogP) is 2.25. The minimum atomic E-state index is -0.580. The normalized spacial score (nSPS) is 19.0. The van der Waals surface area contributed by atoms with Gasteiger partial charge in [0.05, 0.1) is 11.4 Å². The van der Waals surface area contributed by atoms with Crippen molar-refractivity contribution in [2.75, 3.05) is 11.9 Å². The van der Waals surface area contributed by atoms with Gasteiger partial charge in [-0.3, -0.25) is 4.79 Å². The molecule has 7 heteroatoms. The number of fused-ring (bicyclic) bond motifs is 1. The van der Waals surface area contributed by atoms with Gasteiger partial charge in [-0.15, -0.1) is 0 Å². The minimum Gasteiger partial charge on any atom is -0.444 e. The second kappa shape index (κ2) is 5.63. The summed E-state index contributed by atoms with van der Waals surface area (Å²) in [7, 11) is 1.72. The van der Waals surface area contributed by atoms with Crippen LogP contribution in [0.4, 0.5) is 10.5 Å². The van der Waals surface area contributed by atoms with Crippen LogP contribution in [0.1, 0.15) is 37.8 Å². The zero-order valence-electron chi connectivity index (χ0n) is 13.0. The van der Waals surface area contributed by atoms with E-state index in [9.17, 15) is 9.59 Å². The van der Waals surface area contributed by atoms with E-state index >= 15 is 0 Å². The number of aryl methyl sites for hydroxylation is 2. The Balaban J connectivity index is 2.11. The number of aromatic nitrogens is 1. The zero-order valence-corrected chi connectivity index (χ0v) is 13.8. The second-order valence-electron chi connectivity index (χ2n) is 6.17. The van der Waals surface area contributed by atoms with E-state index in [0.717, 1.165) is 22.7 Å². The smallest absolute Gasteiger partial charge is 0.408 e. The summed E-state index contributed by atoms with van der Waals surface area (Å²) < 4.78 is 9.51. The number of carbonyl (C=O) groups is 2. The van der Waals surface area contributed by atoms with E-state index in [1.54, 1.807) is 32.7 Å². The Morgan fingerprint density at radius 3 is 2.76 bits per heavy atom. The first-order valence-corrected chi connectivity index (χ1v) is 7.68. The average molecular weight is 311 g/mol. The lowest BCUT2D eigenvalue weighted by Crippen LogP contribution is -2.48. The maximum absolute atomic E-state index is 12.5. The molecule has 0 bridgehead atoms. The molecule has 2 amide bonds. The van der Waals surface area contributed by atoms with Gasteiger partial charge in [0, 0.05) is 11.9 Å². The Labute approximate surface area is 128 Å². The quantitative estimate of drug-likeness (QED) is 0.863. The number of amides is 2. The molecule has 0 aromatic carbocycles. The van der Waals surface area contributed by atoms with Gasteiger partial charge in [-0.25, -0.2) is 4.79 Å². The fraction of sp³-hybridized carbons (Fsp3) is 0.643. The topological polar surface area (TPSA) is 71.5 Å². The SMILES string of the molecule is Cc1nsc2c1N(C)C(=O)[C@@H](NC(=O)OC(C)(C)C)CC2. The molecule has 1 aliphatic heterocycles. The summed E-state index contributed by atoms with van der Waals surface area (Å²) in [5.41, 5.74) is 1.14. The van der Waals surface area contributed by atoms with Crippen molar-refractivity contribution in [2.45, 2.75) is 52.2 Å². The molecule has 0 saturated heterocycles. The molecule has 0 spiro atoms. The summed E-state index contributed by atoms with van der Waals surface area (Å²) >= 11 is 1.41. The van der Waals surface area contributed by atoms with Crippen LogP contribution in [0.25, 0.3) is 0 Å². The highest BCUT2D eigenvalue weighted by Crippen LogP contribution is 2.32. The van der Waals surface area contributed by atoms with Gasteiger partial charge in [0.1, 0.15) is 11.6 Å². The highest BCUT2D eigenvalue weighted by atomic mass is 32.1. The summed E-state index contributed by atoms with van der Waals surface area (Å²) in [4.78, 5) is 27.0. The fourth-order valence-electron chi connectivity index (χ4n) is 2.33. The number of anilines is 1. The number of hydrogen-bond donors (Lipinski definition) is 1. The van der Waals surface area contributed by atoms with Crippen molar-refractivity contribution >= 4 is 29.2 Å². The van der Waals surface area contributed by atoms with Crippen LogP contribution in [0.3, 0.4) is 0 Å². The number of nitrogens with zero attached hydrogens (tertiary/aromatic N) is 2. The molecule has 1 atom stereocenters. The molecular formula is C14H21N3O3S. The molecule has 0 radical (unpaired) electrons. The monoisotopic (exact) mass is 311 g/mol. The van der Waals surface area contributed by atoms with Crippen molar-refractivity contribution in [1.82, 2.24) is 9.69 Å². The van der Waals surface area contributed by atoms with Crippen molar-refractivity contribution in [3.05, 3.63) is 10.6 Å². The summed E-state index contributed by atoms with van der Waals surface area (Å²) in [5, 5.41) is 2.67. The second-order valence-corrected chi connectivity index (χ2v) is 7.03. The number of ether oxygens (including phenoxy) is 1. The van der Waals surface area contributed by atoms with E-state index in [1.807, 2.05) is 6.92 Å². The third-order valence-electron chi connectivity index (χ3n) is 3.21. The van der Waals surface area contributed by atoms with Crippen LogP contribution in [0.5, 0.6) is 0 Å². The third-order valence-corrected chi connectivity index (χ3v) is 4.20. The lowest BCUT2D eigenvalue weighted by Gasteiger charge is -2.24. The van der Waals surface area contributed by atoms with E-state index < -0.39 is 17.7 Å². The van der Waals surface area contributed by atoms with Gasteiger partial charge < -0.3 is 15.0 Å². The van der Waals surface area contributed by atoms with Gasteiger partial charge in [-0.05, 0) is 52.1 Å². The number of likely N-dealkylation sites (N-methyl/N-ethyl adjacent to an activating group) is 1. The van der Waals surface area contributed by atoms with Crippen molar-refractivity contribution < 1.29 is 14.3 Å². The number of nitrogens with one attached hydrogen (secondary N) is 1. The average Bonchev–Trinajstić information content (AvgIpc) is 2.66. The van der Waals surface area contributed by atoms with Crippen LogP contribution in [0.15, 0.2) is 0 Å². The van der Waals surface area contributed by atoms with E-state index in [1.165, 1.54) is 11.5 Å². The van der Waals surface area contributed by atoms with Gasteiger partial charge in [0.2, 0.25) is 5.91 Å². The predicted molar refractivity (Wildman–Crippen MR) is 81.7 cm³/mol. The number of rotatable bonds is 1. The van der Waals surface area contributed by atoms with Crippen LogP contribution < -0.4 is 10.2 Å². The van der Waals surface area contributed by atoms with Crippen LogP contribution in [-0.2, 0) is 16.0 Å². The van der Waals surface area contributed by atoms with E-state index in [4.69, 9.17) is 4.74 Å². The Kier molecular flexibility index (Phi) is 4.22. The molecule has 1 aliphatic rings. The minimum absolute atomic E-state index is 0.136. The summed E-state index contributed by atoms with van der Waals surface area (Å²) in [5.74, 6) is -0.136. The lowest BCUT2D eigenvalue weighted by atomic mass is 10.1. The van der Waals surface area contributed by atoms with E-state index in [0.29, 0.717) is 6.42 Å². The van der Waals surface area contributed by atoms with Crippen LogP contribution in [-0.4, -0.2) is 35.1 Å². The first kappa shape index (κ1) is 15.8. The fourth-order valence-corrected chi connectivity index (χ4v) is 3.25. The van der Waals surface area contributed by atoms with Gasteiger partial charge >= 0.3 is 6.09 Å². The molecule has 2 rings (SSSR count). The Hall–Kier alpha value is -1.63. The molecule has 1 aromatic heterocycles. The Morgan fingerprint density at radius 2 is 2.14 bits per heavy atom. The van der Waals surface area contributed by atoms with Crippen molar-refractivity contribution in [2.24, 2.45) is 0 Å². The molecule has 1 aromatic rings. The van der Waals surface area contributed by atoms with E-state index in [-0.39, 0.29) is 5.91 Å². The summed E-state index contributed by atoms with van der Waals surface area (Å²) in [6.07, 6.45) is 0.711. The van der Waals surface area contributed by atoms with Crippen LogP contribution in [0.2, 0.25) is 0 Å². The molecule has 0 aliphatic carbocycles. The molecule has 0 saturated carbocycles. The standard InChI is InChI=1S/C14H21N3O3S/c1-8-11-10(21-16-8)7-6-9(12(18)17(11)5)15-13(19)20-14(2,3)4/h9H,6-7H2,1-5H3,(H,15,19)/t9-/m0/s1. The first-order valence-electron chi connectivity index (χ1n) is 6.91. The first-order chi connectivity index (χ1) is 9.69. The number of carbonyl (C=O) groups excluding carboxylic acids is 2. The van der Waals surface area contributed by atoms with E-state index in [2.05, 4.69) is 9.69 Å². The zero-order chi connectivity index (χ0) is 15.8. The van der Waals surface area contributed by atoms with Gasteiger partial charge in [-0.1, -0.05) is 0 Å². The maximum atomic E-state index is 12.5. The summed E-state index contributed by atoms with van der Waals surface area (Å²) in [6.45, 7) is 7.27. The molecule has 21 heavy (non-hydrogen) atoms. The van der Waals surface area contributed by atoms with Crippen LogP contribution in [0, 0.1) is 6.92 Å². The summed E-state index contributed by atoms with van der Waals surface area (Å²) in [6, 6.07) is -0.566. The maximum Gasteiger partial charge on any atom is 0.408 e. The molecule has 0 unspecified atom stereocenters. The van der Waals surface area contributed by atoms with Gasteiger partial charge in [-0.2, -0.15) is 4.37 Å². The molecule has 1 N–H and O–H groups in total. The molecule has 116 valence electrons. The number of hydrogen-bond acceptors (Lipinski definition) is 5. The third kappa shape index (κ3) is 3.53. The molecular weight excluding hydrogens is 290 g/mol. The largest absolute Gasteiger partial charge is 0.444 e. The lowest BCUT2D eigenvalue weighted by molar-refractivity contribution is -0.120. The van der Waals surface area contributed by atoms with Gasteiger partial charge in [0.25, 0.3) is 0 Å². The molecule has 6 nitrogen and oxygen atoms in total. The van der Waals surface area contributed by atoms with Crippen molar-refractivity contribution in [3.63, 3.8) is 0 Å². The van der Waals surface area contributed by atoms with Crippen LogP contribution >= 0.6 is 11.5 Å². The van der Waals surface area contributed by atoms with Crippen molar-refractivity contribution in [3.8, 4) is 0 Å². The highest BCUT2D eigenvalue weighted by molar-refractivity contribution is 7.06. The molecule has 2 heterocycles. The van der Waals surface area contributed by atoms with Crippen molar-refractivity contribution in [1.29, 1.82) is 0 Å².